The van der Waals surface area contributed by atoms with Gasteiger partial charge in [0, 0.05) is 25.6 Å². The number of nitrogens with zero attached hydrogens (tertiary/aromatic N) is 4. The van der Waals surface area contributed by atoms with E-state index in [1.807, 2.05) is 19.0 Å². The van der Waals surface area contributed by atoms with Gasteiger partial charge in [-0.25, -0.2) is 13.4 Å². The highest BCUT2D eigenvalue weighted by Gasteiger charge is 2.35. The molecule has 0 bridgehead atoms. The summed E-state index contributed by atoms with van der Waals surface area (Å²) in [6.07, 6.45) is 1.89. The smallest absolute Gasteiger partial charge is 0.252 e. The van der Waals surface area contributed by atoms with E-state index in [2.05, 4.69) is 30.9 Å². The lowest BCUT2D eigenvalue weighted by Gasteiger charge is -2.32. The summed E-state index contributed by atoms with van der Waals surface area (Å²) in [6.45, 7) is 6.34. The second-order valence-electron chi connectivity index (χ2n) is 9.18. The largest absolute Gasteiger partial charge is 0.309 e. The molecular weight excluding hydrogens is 488 g/mol. The Morgan fingerprint density at radius 2 is 1.91 bits per heavy atom. The molecule has 4 rings (SSSR count). The number of anilines is 1. The maximum absolute atomic E-state index is 13.7. The maximum atomic E-state index is 13.7. The molecule has 1 aliphatic heterocycles. The zero-order valence-corrected chi connectivity index (χ0v) is 22.6. The van der Waals surface area contributed by atoms with E-state index >= 15 is 0 Å². The van der Waals surface area contributed by atoms with Gasteiger partial charge in [0.25, 0.3) is 10.0 Å². The number of aryl methyl sites for hydroxylation is 2. The SMILES string of the molecule is Cc1cc(C)c2sc(N(CCCN(C)C)C(=O)C3CCN(S(=O)(=O)c4cccs4)CC3)nc2c1. The molecule has 0 spiro atoms. The summed E-state index contributed by atoms with van der Waals surface area (Å²) in [6, 6.07) is 7.60. The third kappa shape index (κ3) is 5.36. The van der Waals surface area contributed by atoms with E-state index in [-0.39, 0.29) is 11.8 Å². The van der Waals surface area contributed by atoms with Crippen LogP contribution in [0.4, 0.5) is 5.13 Å². The average Bonchev–Trinajstić information content (AvgIpc) is 3.47. The quantitative estimate of drug-likeness (QED) is 0.441. The Labute approximate surface area is 210 Å². The number of hydrogen-bond donors (Lipinski definition) is 0. The van der Waals surface area contributed by atoms with Gasteiger partial charge in [-0.2, -0.15) is 4.31 Å². The first-order valence-electron chi connectivity index (χ1n) is 11.5. The van der Waals surface area contributed by atoms with E-state index < -0.39 is 10.0 Å². The lowest BCUT2D eigenvalue weighted by molar-refractivity contribution is -0.123. The number of carbonyl (C=O) groups is 1. The van der Waals surface area contributed by atoms with Crippen LogP contribution in [0, 0.1) is 19.8 Å². The molecule has 1 aromatic carbocycles. The van der Waals surface area contributed by atoms with Crippen LogP contribution in [-0.4, -0.2) is 68.8 Å². The van der Waals surface area contributed by atoms with Crippen LogP contribution < -0.4 is 4.90 Å². The summed E-state index contributed by atoms with van der Waals surface area (Å²) in [5, 5.41) is 2.51. The summed E-state index contributed by atoms with van der Waals surface area (Å²) in [5.74, 6) is -0.149. The second kappa shape index (κ2) is 10.4. The highest BCUT2D eigenvalue weighted by molar-refractivity contribution is 7.91. The van der Waals surface area contributed by atoms with Gasteiger partial charge in [-0.05, 0) is 82.4 Å². The van der Waals surface area contributed by atoms with Crippen molar-refractivity contribution >= 4 is 54.0 Å². The standard InChI is InChI=1S/C24H32N4O3S3/c1-17-15-18(2)22-20(16-17)25-24(33-22)28(11-6-10-26(3)4)23(29)19-8-12-27(13-9-19)34(30,31)21-7-5-14-32-21/h5,7,14-16,19H,6,8-13H2,1-4H3. The Hall–Kier alpha value is -1.85. The van der Waals surface area contributed by atoms with Crippen molar-refractivity contribution in [2.75, 3.05) is 45.2 Å². The minimum Gasteiger partial charge on any atom is -0.309 e. The van der Waals surface area contributed by atoms with Crippen LogP contribution in [0.25, 0.3) is 10.2 Å². The van der Waals surface area contributed by atoms with Crippen LogP contribution in [0.2, 0.25) is 0 Å². The number of sulfonamides is 1. The van der Waals surface area contributed by atoms with Gasteiger partial charge >= 0.3 is 0 Å². The van der Waals surface area contributed by atoms with E-state index in [0.717, 1.165) is 33.9 Å². The molecule has 0 aliphatic carbocycles. The molecule has 3 aromatic rings. The molecule has 2 aromatic heterocycles. The van der Waals surface area contributed by atoms with Gasteiger partial charge in [0.2, 0.25) is 5.91 Å². The van der Waals surface area contributed by atoms with E-state index in [9.17, 15) is 13.2 Å². The Bertz CT molecular complexity index is 1240. The van der Waals surface area contributed by atoms with Gasteiger partial charge in [-0.15, -0.1) is 11.3 Å². The molecule has 1 fully saturated rings. The van der Waals surface area contributed by atoms with Gasteiger partial charge in [0.1, 0.15) is 4.21 Å². The van der Waals surface area contributed by atoms with Crippen molar-refractivity contribution in [3.8, 4) is 0 Å². The number of piperidine rings is 1. The van der Waals surface area contributed by atoms with Crippen molar-refractivity contribution in [2.24, 2.45) is 5.92 Å². The number of carbonyl (C=O) groups excluding carboxylic acids is 1. The molecule has 34 heavy (non-hydrogen) atoms. The normalized spacial score (nSPS) is 15.9. The maximum Gasteiger partial charge on any atom is 0.252 e. The number of thiazole rings is 1. The van der Waals surface area contributed by atoms with Gasteiger partial charge in [-0.3, -0.25) is 9.69 Å². The number of hydrogen-bond acceptors (Lipinski definition) is 7. The summed E-state index contributed by atoms with van der Waals surface area (Å²) >= 11 is 2.80. The van der Waals surface area contributed by atoms with Crippen LogP contribution in [0.3, 0.4) is 0 Å². The third-order valence-corrected chi connectivity index (χ3v) is 10.7. The number of benzene rings is 1. The molecule has 184 valence electrons. The number of fused-ring (bicyclic) bond motifs is 1. The molecule has 0 atom stereocenters. The van der Waals surface area contributed by atoms with Gasteiger partial charge in [0.15, 0.2) is 5.13 Å². The zero-order chi connectivity index (χ0) is 24.5. The lowest BCUT2D eigenvalue weighted by atomic mass is 9.96. The monoisotopic (exact) mass is 520 g/mol. The highest BCUT2D eigenvalue weighted by atomic mass is 32.2. The van der Waals surface area contributed by atoms with Crippen LogP contribution in [0.1, 0.15) is 30.4 Å². The molecule has 0 saturated carbocycles. The Kier molecular flexibility index (Phi) is 7.73. The van der Waals surface area contributed by atoms with Gasteiger partial charge in [0.05, 0.1) is 10.2 Å². The molecule has 1 saturated heterocycles. The molecular formula is C24H32N4O3S3. The van der Waals surface area contributed by atoms with Crippen LogP contribution in [-0.2, 0) is 14.8 Å². The fourth-order valence-electron chi connectivity index (χ4n) is 4.43. The van der Waals surface area contributed by atoms with Crippen molar-refractivity contribution in [3.63, 3.8) is 0 Å². The number of aromatic nitrogens is 1. The third-order valence-electron chi connectivity index (χ3n) is 6.19. The zero-order valence-electron chi connectivity index (χ0n) is 20.2. The molecule has 1 amide bonds. The molecule has 3 heterocycles. The van der Waals surface area contributed by atoms with E-state index in [1.54, 1.807) is 28.8 Å². The molecule has 0 N–H and O–H groups in total. The van der Waals surface area contributed by atoms with E-state index in [0.29, 0.717) is 36.7 Å². The molecule has 10 heteroatoms. The number of rotatable bonds is 8. The number of amides is 1. The van der Waals surface area contributed by atoms with Crippen molar-refractivity contribution < 1.29 is 13.2 Å². The predicted molar refractivity (Wildman–Crippen MR) is 140 cm³/mol. The predicted octanol–water partition coefficient (Wildman–Crippen LogP) is 4.36. The van der Waals surface area contributed by atoms with Crippen molar-refractivity contribution in [1.82, 2.24) is 14.2 Å². The highest BCUT2D eigenvalue weighted by Crippen LogP contribution is 2.34. The van der Waals surface area contributed by atoms with Crippen molar-refractivity contribution in [3.05, 3.63) is 40.8 Å². The minimum atomic E-state index is -3.48. The molecule has 0 unspecified atom stereocenters. The fraction of sp³-hybridized carbons (Fsp3) is 0.500. The first-order valence-corrected chi connectivity index (χ1v) is 14.7. The topological polar surface area (TPSA) is 73.8 Å². The van der Waals surface area contributed by atoms with Gasteiger partial charge in [-0.1, -0.05) is 23.5 Å². The van der Waals surface area contributed by atoms with E-state index in [1.165, 1.54) is 21.2 Å². The summed E-state index contributed by atoms with van der Waals surface area (Å²) in [5.41, 5.74) is 3.26. The summed E-state index contributed by atoms with van der Waals surface area (Å²) < 4.78 is 28.7. The Morgan fingerprint density at radius 3 is 2.56 bits per heavy atom. The Morgan fingerprint density at radius 1 is 1.18 bits per heavy atom. The molecule has 1 aliphatic rings. The molecule has 0 radical (unpaired) electrons. The first-order chi connectivity index (χ1) is 16.2. The molecule has 7 nitrogen and oxygen atoms in total. The second-order valence-corrected chi connectivity index (χ2v) is 13.3. The van der Waals surface area contributed by atoms with Crippen molar-refractivity contribution in [1.29, 1.82) is 0 Å². The summed E-state index contributed by atoms with van der Waals surface area (Å²) in [4.78, 5) is 22.5. The first kappa shape index (κ1) is 25.2. The minimum absolute atomic E-state index is 0.0559. The Balaban J connectivity index is 1.53. The lowest BCUT2D eigenvalue weighted by Crippen LogP contribution is -2.45. The fourth-order valence-corrected chi connectivity index (χ4v) is 8.09. The van der Waals surface area contributed by atoms with Crippen LogP contribution in [0.15, 0.2) is 33.9 Å². The van der Waals surface area contributed by atoms with Crippen LogP contribution in [0.5, 0.6) is 0 Å². The van der Waals surface area contributed by atoms with Crippen molar-refractivity contribution in [2.45, 2.75) is 37.3 Å². The number of thiophene rings is 1. The summed E-state index contributed by atoms with van der Waals surface area (Å²) in [7, 11) is 0.576. The van der Waals surface area contributed by atoms with Gasteiger partial charge < -0.3 is 4.90 Å². The average molecular weight is 521 g/mol. The van der Waals surface area contributed by atoms with E-state index in [4.69, 9.17) is 4.98 Å². The van der Waals surface area contributed by atoms with Crippen LogP contribution >= 0.6 is 22.7 Å².